The Bertz CT molecular complexity index is 508. The lowest BCUT2D eigenvalue weighted by molar-refractivity contribution is 0.199. The van der Waals surface area contributed by atoms with Crippen molar-refractivity contribution in [1.82, 2.24) is 14.7 Å². The average Bonchev–Trinajstić information content (AvgIpc) is 2.90. The van der Waals surface area contributed by atoms with Gasteiger partial charge in [-0.1, -0.05) is 29.4 Å². The fourth-order valence-electron chi connectivity index (χ4n) is 1.50. The van der Waals surface area contributed by atoms with Crippen molar-refractivity contribution in [3.05, 3.63) is 35.1 Å². The quantitative estimate of drug-likeness (QED) is 0.796. The first-order chi connectivity index (χ1) is 9.31. The number of halogens is 1. The number of ether oxygens (including phenoxy) is 1. The van der Waals surface area contributed by atoms with Crippen LogP contribution in [0.4, 0.5) is 0 Å². The number of hydrogen-bond acceptors (Lipinski definition) is 6. The summed E-state index contributed by atoms with van der Waals surface area (Å²) in [6.45, 7) is 2.19. The van der Waals surface area contributed by atoms with Gasteiger partial charge < -0.3 is 10.1 Å². The Kier molecular flexibility index (Phi) is 6.06. The lowest BCUT2D eigenvalue weighted by atomic mass is 10.2. The summed E-state index contributed by atoms with van der Waals surface area (Å²) in [5.41, 5.74) is 1.08. The minimum absolute atomic E-state index is 0.684. The topological polar surface area (TPSA) is 47.0 Å². The van der Waals surface area contributed by atoms with Crippen molar-refractivity contribution in [2.45, 2.75) is 15.8 Å². The van der Waals surface area contributed by atoms with Gasteiger partial charge in [0.15, 0.2) is 4.34 Å². The summed E-state index contributed by atoms with van der Waals surface area (Å²) < 4.78 is 9.93. The van der Waals surface area contributed by atoms with Gasteiger partial charge in [-0.05, 0) is 29.2 Å². The first kappa shape index (κ1) is 14.7. The molecule has 1 heterocycles. The minimum Gasteiger partial charge on any atom is -0.383 e. The van der Waals surface area contributed by atoms with Crippen LogP contribution in [0, 0.1) is 0 Å². The zero-order valence-electron chi connectivity index (χ0n) is 10.4. The lowest BCUT2D eigenvalue weighted by Gasteiger charge is -2.10. The van der Waals surface area contributed by atoms with Crippen LogP contribution in [-0.4, -0.2) is 29.6 Å². The minimum atomic E-state index is 0.684. The SMILES string of the molecule is COCCNCc1c(Cl)cccc1Sc1ncns1. The van der Waals surface area contributed by atoms with Crippen molar-refractivity contribution in [3.8, 4) is 0 Å². The maximum Gasteiger partial charge on any atom is 0.174 e. The second-order valence-corrected chi connectivity index (χ2v) is 6.17. The van der Waals surface area contributed by atoms with Crippen molar-refractivity contribution in [2.75, 3.05) is 20.3 Å². The third kappa shape index (κ3) is 4.43. The molecule has 7 heteroatoms. The maximum absolute atomic E-state index is 6.27. The second kappa shape index (κ2) is 7.81. The van der Waals surface area contributed by atoms with Crippen LogP contribution in [0.2, 0.25) is 5.02 Å². The van der Waals surface area contributed by atoms with Gasteiger partial charge in [0.1, 0.15) is 6.33 Å². The molecule has 0 bridgehead atoms. The van der Waals surface area contributed by atoms with Crippen LogP contribution < -0.4 is 5.32 Å². The van der Waals surface area contributed by atoms with Crippen LogP contribution in [0.15, 0.2) is 33.8 Å². The predicted octanol–water partition coefficient (Wildman–Crippen LogP) is 3.08. The highest BCUT2D eigenvalue weighted by atomic mass is 35.5. The summed E-state index contributed by atoms with van der Waals surface area (Å²) in [7, 11) is 1.69. The molecule has 0 atom stereocenters. The Balaban J connectivity index is 2.07. The van der Waals surface area contributed by atoms with Crippen LogP contribution in [-0.2, 0) is 11.3 Å². The Hall–Kier alpha value is -0.660. The molecule has 1 N–H and O–H groups in total. The molecule has 0 aliphatic rings. The van der Waals surface area contributed by atoms with E-state index in [1.54, 1.807) is 25.2 Å². The van der Waals surface area contributed by atoms with Crippen molar-refractivity contribution in [1.29, 1.82) is 0 Å². The van der Waals surface area contributed by atoms with E-state index < -0.39 is 0 Å². The molecule has 0 aliphatic heterocycles. The summed E-state index contributed by atoms with van der Waals surface area (Å²) in [4.78, 5) is 5.28. The van der Waals surface area contributed by atoms with Crippen LogP contribution in [0.1, 0.15) is 5.56 Å². The summed E-state index contributed by atoms with van der Waals surface area (Å²) in [6, 6.07) is 5.90. The Morgan fingerprint density at radius 3 is 3.11 bits per heavy atom. The van der Waals surface area contributed by atoms with E-state index in [2.05, 4.69) is 14.7 Å². The summed E-state index contributed by atoms with van der Waals surface area (Å²) in [6.07, 6.45) is 1.56. The molecule has 0 saturated heterocycles. The smallest absolute Gasteiger partial charge is 0.174 e. The molecule has 0 spiro atoms. The van der Waals surface area contributed by atoms with Gasteiger partial charge in [-0.25, -0.2) is 4.98 Å². The van der Waals surface area contributed by atoms with E-state index in [0.717, 1.165) is 26.4 Å². The van der Waals surface area contributed by atoms with Crippen LogP contribution in [0.5, 0.6) is 0 Å². The number of nitrogens with zero attached hydrogens (tertiary/aromatic N) is 2. The average molecular weight is 316 g/mol. The summed E-state index contributed by atoms with van der Waals surface area (Å²) in [5, 5.41) is 4.07. The first-order valence-corrected chi connectivity index (χ1v) is 7.69. The van der Waals surface area contributed by atoms with Crippen molar-refractivity contribution >= 4 is 34.9 Å². The van der Waals surface area contributed by atoms with E-state index >= 15 is 0 Å². The molecule has 102 valence electrons. The molecule has 0 fully saturated rings. The van der Waals surface area contributed by atoms with Crippen LogP contribution in [0.3, 0.4) is 0 Å². The van der Waals surface area contributed by atoms with Gasteiger partial charge in [0.2, 0.25) is 0 Å². The molecule has 19 heavy (non-hydrogen) atoms. The molecule has 0 amide bonds. The molecule has 0 saturated carbocycles. The highest BCUT2D eigenvalue weighted by Crippen LogP contribution is 2.34. The Morgan fingerprint density at radius 1 is 1.47 bits per heavy atom. The van der Waals surface area contributed by atoms with E-state index in [0.29, 0.717) is 13.2 Å². The van der Waals surface area contributed by atoms with Gasteiger partial charge in [-0.3, -0.25) is 0 Å². The Labute approximate surface area is 125 Å². The molecule has 4 nitrogen and oxygen atoms in total. The standard InChI is InChI=1S/C12H14ClN3OS2/c1-17-6-5-14-7-9-10(13)3-2-4-11(9)18-12-15-8-16-19-12/h2-4,8,14H,5-7H2,1H3. The number of methoxy groups -OCH3 is 1. The molecule has 1 aromatic heterocycles. The van der Waals surface area contributed by atoms with Gasteiger partial charge in [-0.2, -0.15) is 4.37 Å². The van der Waals surface area contributed by atoms with Gasteiger partial charge in [0.05, 0.1) is 6.61 Å². The normalized spacial score (nSPS) is 10.8. The van der Waals surface area contributed by atoms with Crippen molar-refractivity contribution in [2.24, 2.45) is 0 Å². The third-order valence-corrected chi connectivity index (χ3v) is 4.57. The molecule has 0 radical (unpaired) electrons. The predicted molar refractivity (Wildman–Crippen MR) is 79.1 cm³/mol. The largest absolute Gasteiger partial charge is 0.383 e. The molecule has 0 unspecified atom stereocenters. The summed E-state index contributed by atoms with van der Waals surface area (Å²) >= 11 is 9.24. The fourth-order valence-corrected chi connectivity index (χ4v) is 3.36. The molecular weight excluding hydrogens is 302 g/mol. The van der Waals surface area contributed by atoms with E-state index in [9.17, 15) is 0 Å². The third-order valence-electron chi connectivity index (χ3n) is 2.40. The van der Waals surface area contributed by atoms with Gasteiger partial charge in [-0.15, -0.1) is 0 Å². The zero-order valence-corrected chi connectivity index (χ0v) is 12.8. The number of rotatable bonds is 7. The second-order valence-electron chi connectivity index (χ2n) is 3.70. The fraction of sp³-hybridized carbons (Fsp3) is 0.333. The first-order valence-electron chi connectivity index (χ1n) is 5.73. The number of aromatic nitrogens is 2. The highest BCUT2D eigenvalue weighted by Gasteiger charge is 2.09. The van der Waals surface area contributed by atoms with E-state index in [1.165, 1.54) is 11.5 Å². The number of hydrogen-bond donors (Lipinski definition) is 1. The lowest BCUT2D eigenvalue weighted by Crippen LogP contribution is -2.19. The molecular formula is C12H14ClN3OS2. The van der Waals surface area contributed by atoms with Crippen molar-refractivity contribution < 1.29 is 4.74 Å². The Morgan fingerprint density at radius 2 is 2.37 bits per heavy atom. The van der Waals surface area contributed by atoms with Crippen LogP contribution >= 0.6 is 34.9 Å². The van der Waals surface area contributed by atoms with Crippen LogP contribution in [0.25, 0.3) is 0 Å². The monoisotopic (exact) mass is 315 g/mol. The number of nitrogens with one attached hydrogen (secondary N) is 1. The van der Waals surface area contributed by atoms with E-state index in [-0.39, 0.29) is 0 Å². The molecule has 2 aromatic rings. The van der Waals surface area contributed by atoms with Gasteiger partial charge in [0, 0.05) is 30.1 Å². The molecule has 1 aromatic carbocycles. The van der Waals surface area contributed by atoms with Gasteiger partial charge >= 0.3 is 0 Å². The van der Waals surface area contributed by atoms with Crippen molar-refractivity contribution in [3.63, 3.8) is 0 Å². The van der Waals surface area contributed by atoms with Gasteiger partial charge in [0.25, 0.3) is 0 Å². The van der Waals surface area contributed by atoms with E-state index in [4.69, 9.17) is 16.3 Å². The maximum atomic E-state index is 6.27. The molecule has 0 aliphatic carbocycles. The molecule has 2 rings (SSSR count). The highest BCUT2D eigenvalue weighted by molar-refractivity contribution is 8.01. The summed E-state index contributed by atoms with van der Waals surface area (Å²) in [5.74, 6) is 0. The number of benzene rings is 1. The van der Waals surface area contributed by atoms with E-state index in [1.807, 2.05) is 18.2 Å². The zero-order chi connectivity index (χ0) is 13.5.